The fraction of sp³-hybridized carbons (Fsp3) is 0.333. The lowest BCUT2D eigenvalue weighted by molar-refractivity contribution is -0.125. The Kier molecular flexibility index (Phi) is 5.64. The number of para-hydroxylation sites is 1. The second-order valence-electron chi connectivity index (χ2n) is 6.44. The van der Waals surface area contributed by atoms with Gasteiger partial charge in [-0.25, -0.2) is 0 Å². The molecule has 1 heterocycles. The number of benzene rings is 2. The summed E-state index contributed by atoms with van der Waals surface area (Å²) < 4.78 is 11.0. The lowest BCUT2D eigenvalue weighted by Crippen LogP contribution is -2.44. The molecule has 0 aromatic heterocycles. The summed E-state index contributed by atoms with van der Waals surface area (Å²) in [7, 11) is 1.53. The number of carbonyl (C=O) groups is 2. The van der Waals surface area contributed by atoms with Gasteiger partial charge in [0.1, 0.15) is 11.5 Å². The number of hydrogen-bond acceptors (Lipinski definition) is 4. The molecule has 2 amide bonds. The van der Waals surface area contributed by atoms with Crippen LogP contribution >= 0.6 is 0 Å². The van der Waals surface area contributed by atoms with Gasteiger partial charge in [0.15, 0.2) is 6.10 Å². The van der Waals surface area contributed by atoms with Gasteiger partial charge >= 0.3 is 0 Å². The van der Waals surface area contributed by atoms with Gasteiger partial charge in [-0.15, -0.1) is 0 Å². The van der Waals surface area contributed by atoms with Crippen LogP contribution in [-0.2, 0) is 4.79 Å². The summed E-state index contributed by atoms with van der Waals surface area (Å²) in [5.41, 5.74) is 1.72. The van der Waals surface area contributed by atoms with Crippen LogP contribution in [-0.4, -0.2) is 31.6 Å². The number of hydrogen-bond donors (Lipinski definition) is 1. The fourth-order valence-electron chi connectivity index (χ4n) is 3.06. The van der Waals surface area contributed by atoms with Gasteiger partial charge in [0.2, 0.25) is 0 Å². The van der Waals surface area contributed by atoms with E-state index in [0.717, 1.165) is 12.8 Å². The Labute approximate surface area is 159 Å². The first kappa shape index (κ1) is 18.8. The second-order valence-corrected chi connectivity index (χ2v) is 6.44. The summed E-state index contributed by atoms with van der Waals surface area (Å²) in [6, 6.07) is 12.4. The fourth-order valence-corrected chi connectivity index (χ4v) is 3.06. The van der Waals surface area contributed by atoms with E-state index < -0.39 is 6.10 Å². The van der Waals surface area contributed by atoms with E-state index >= 15 is 0 Å². The predicted molar refractivity (Wildman–Crippen MR) is 105 cm³/mol. The molecule has 0 radical (unpaired) electrons. The Bertz CT molecular complexity index is 850. The Morgan fingerprint density at radius 2 is 2.04 bits per heavy atom. The van der Waals surface area contributed by atoms with Gasteiger partial charge in [0, 0.05) is 12.2 Å². The minimum absolute atomic E-state index is 0.0656. The zero-order valence-corrected chi connectivity index (χ0v) is 15.8. The molecule has 0 bridgehead atoms. The van der Waals surface area contributed by atoms with E-state index in [1.807, 2.05) is 6.07 Å². The van der Waals surface area contributed by atoms with Crippen LogP contribution in [0.5, 0.6) is 11.5 Å². The zero-order chi connectivity index (χ0) is 19.4. The largest absolute Gasteiger partial charge is 0.496 e. The highest BCUT2D eigenvalue weighted by Crippen LogP contribution is 2.36. The average molecular weight is 368 g/mol. The summed E-state index contributed by atoms with van der Waals surface area (Å²) in [4.78, 5) is 26.9. The number of carbonyl (C=O) groups excluding carboxylic acids is 2. The van der Waals surface area contributed by atoms with Crippen LogP contribution in [0.3, 0.4) is 0 Å². The molecule has 1 atom stereocenters. The molecule has 0 fully saturated rings. The standard InChI is InChI=1S/C21H24N2O4/c1-4-5-12-23-17-13-15(10-11-19(17)27-14(2)21(23)25)22-20(24)16-8-6-7-9-18(16)26-3/h6-11,13-14H,4-5,12H2,1-3H3,(H,22,24). The molecular formula is C21H24N2O4. The van der Waals surface area contributed by atoms with E-state index in [1.54, 1.807) is 48.2 Å². The van der Waals surface area contributed by atoms with Crippen molar-refractivity contribution in [2.75, 3.05) is 23.9 Å². The van der Waals surface area contributed by atoms with E-state index in [4.69, 9.17) is 9.47 Å². The molecular weight excluding hydrogens is 344 g/mol. The van der Waals surface area contributed by atoms with Gasteiger partial charge < -0.3 is 19.7 Å². The number of fused-ring (bicyclic) bond motifs is 1. The minimum Gasteiger partial charge on any atom is -0.496 e. The molecule has 1 N–H and O–H groups in total. The molecule has 0 saturated carbocycles. The number of nitrogens with one attached hydrogen (secondary N) is 1. The number of amides is 2. The van der Waals surface area contributed by atoms with Crippen molar-refractivity contribution in [3.05, 3.63) is 48.0 Å². The van der Waals surface area contributed by atoms with Crippen molar-refractivity contribution in [1.29, 1.82) is 0 Å². The summed E-state index contributed by atoms with van der Waals surface area (Å²) in [5, 5.41) is 2.87. The zero-order valence-electron chi connectivity index (χ0n) is 15.8. The molecule has 1 aliphatic heterocycles. The van der Waals surface area contributed by atoms with Gasteiger partial charge in [-0.05, 0) is 43.7 Å². The van der Waals surface area contributed by atoms with Crippen LogP contribution in [0.2, 0.25) is 0 Å². The number of unbranched alkanes of at least 4 members (excludes halogenated alkanes) is 1. The van der Waals surface area contributed by atoms with Gasteiger partial charge in [-0.2, -0.15) is 0 Å². The molecule has 6 nitrogen and oxygen atoms in total. The lowest BCUT2D eigenvalue weighted by Gasteiger charge is -2.33. The smallest absolute Gasteiger partial charge is 0.267 e. The molecule has 6 heteroatoms. The Hall–Kier alpha value is -3.02. The quantitative estimate of drug-likeness (QED) is 0.841. The molecule has 0 saturated heterocycles. The first-order valence-electron chi connectivity index (χ1n) is 9.11. The minimum atomic E-state index is -0.511. The third kappa shape index (κ3) is 3.89. The number of rotatable bonds is 6. The highest BCUT2D eigenvalue weighted by Gasteiger charge is 2.31. The average Bonchev–Trinajstić information content (AvgIpc) is 2.68. The van der Waals surface area contributed by atoms with Crippen LogP contribution in [0.15, 0.2) is 42.5 Å². The highest BCUT2D eigenvalue weighted by molar-refractivity contribution is 6.07. The Morgan fingerprint density at radius 1 is 1.26 bits per heavy atom. The van der Waals surface area contributed by atoms with E-state index in [-0.39, 0.29) is 11.8 Å². The number of methoxy groups -OCH3 is 1. The normalized spacial score (nSPS) is 15.7. The monoisotopic (exact) mass is 368 g/mol. The van der Waals surface area contributed by atoms with E-state index in [9.17, 15) is 9.59 Å². The third-order valence-corrected chi connectivity index (χ3v) is 4.51. The maximum atomic E-state index is 12.6. The van der Waals surface area contributed by atoms with E-state index in [1.165, 1.54) is 7.11 Å². The van der Waals surface area contributed by atoms with Gasteiger partial charge in [0.05, 0.1) is 18.4 Å². The van der Waals surface area contributed by atoms with Crippen LogP contribution in [0.1, 0.15) is 37.0 Å². The van der Waals surface area contributed by atoms with Crippen molar-refractivity contribution in [3.63, 3.8) is 0 Å². The summed E-state index contributed by atoms with van der Waals surface area (Å²) >= 11 is 0. The first-order chi connectivity index (χ1) is 13.0. The topological polar surface area (TPSA) is 67.9 Å². The van der Waals surface area contributed by atoms with Crippen molar-refractivity contribution < 1.29 is 19.1 Å². The van der Waals surface area contributed by atoms with Crippen molar-refractivity contribution >= 4 is 23.2 Å². The summed E-state index contributed by atoms with van der Waals surface area (Å²) in [5.74, 6) is 0.812. The molecule has 142 valence electrons. The molecule has 2 aromatic carbocycles. The first-order valence-corrected chi connectivity index (χ1v) is 9.11. The second kappa shape index (κ2) is 8.12. The van der Waals surface area contributed by atoms with Gasteiger partial charge in [-0.1, -0.05) is 25.5 Å². The lowest BCUT2D eigenvalue weighted by atomic mass is 10.1. The van der Waals surface area contributed by atoms with Crippen molar-refractivity contribution in [2.24, 2.45) is 0 Å². The van der Waals surface area contributed by atoms with Gasteiger partial charge in [-0.3, -0.25) is 9.59 Å². The number of ether oxygens (including phenoxy) is 2. The molecule has 1 aliphatic rings. The maximum absolute atomic E-state index is 12.6. The SMILES string of the molecule is CCCCN1C(=O)C(C)Oc2ccc(NC(=O)c3ccccc3OC)cc21. The number of nitrogens with zero attached hydrogens (tertiary/aromatic N) is 1. The number of anilines is 2. The van der Waals surface area contributed by atoms with Crippen LogP contribution in [0.25, 0.3) is 0 Å². The van der Waals surface area contributed by atoms with Crippen molar-refractivity contribution in [1.82, 2.24) is 0 Å². The highest BCUT2D eigenvalue weighted by atomic mass is 16.5. The molecule has 27 heavy (non-hydrogen) atoms. The third-order valence-electron chi connectivity index (χ3n) is 4.51. The van der Waals surface area contributed by atoms with E-state index in [2.05, 4.69) is 12.2 Å². The molecule has 0 spiro atoms. The summed E-state index contributed by atoms with van der Waals surface area (Å²) in [6.07, 6.45) is 1.37. The van der Waals surface area contributed by atoms with Crippen molar-refractivity contribution in [2.45, 2.75) is 32.8 Å². The van der Waals surface area contributed by atoms with Crippen LogP contribution in [0.4, 0.5) is 11.4 Å². The Morgan fingerprint density at radius 3 is 2.78 bits per heavy atom. The predicted octanol–water partition coefficient (Wildman–Crippen LogP) is 3.86. The van der Waals surface area contributed by atoms with Crippen LogP contribution in [0, 0.1) is 0 Å². The molecule has 2 aromatic rings. The van der Waals surface area contributed by atoms with Crippen molar-refractivity contribution in [3.8, 4) is 11.5 Å². The summed E-state index contributed by atoms with van der Waals surface area (Å²) in [6.45, 7) is 4.46. The van der Waals surface area contributed by atoms with E-state index in [0.29, 0.717) is 35.0 Å². The molecule has 3 rings (SSSR count). The molecule has 0 aliphatic carbocycles. The van der Waals surface area contributed by atoms with Gasteiger partial charge in [0.25, 0.3) is 11.8 Å². The Balaban J connectivity index is 1.87. The maximum Gasteiger partial charge on any atom is 0.267 e. The molecule has 1 unspecified atom stereocenters. The van der Waals surface area contributed by atoms with Crippen LogP contribution < -0.4 is 19.7 Å².